The number of aryl methyl sites for hydroxylation is 1. The quantitative estimate of drug-likeness (QED) is 0.721. The van der Waals surface area contributed by atoms with Gasteiger partial charge in [0.05, 0.1) is 6.07 Å². The molecular formula is C11H12N4O. The Bertz CT molecular complexity index is 575. The van der Waals surface area contributed by atoms with Gasteiger partial charge in [0.25, 0.3) is 0 Å². The van der Waals surface area contributed by atoms with Gasteiger partial charge >= 0.3 is 5.69 Å². The van der Waals surface area contributed by atoms with E-state index in [1.807, 2.05) is 6.07 Å². The van der Waals surface area contributed by atoms with Gasteiger partial charge in [-0.05, 0) is 25.0 Å². The lowest BCUT2D eigenvalue weighted by atomic mass is 10.2. The zero-order chi connectivity index (χ0) is 11.4. The van der Waals surface area contributed by atoms with Crippen LogP contribution < -0.4 is 5.69 Å². The van der Waals surface area contributed by atoms with Crippen LogP contribution in [0.2, 0.25) is 0 Å². The molecule has 2 aromatic heterocycles. The van der Waals surface area contributed by atoms with Crippen molar-refractivity contribution in [2.45, 2.75) is 25.8 Å². The smallest absolute Gasteiger partial charge is 0.250 e. The van der Waals surface area contributed by atoms with Gasteiger partial charge < -0.3 is 0 Å². The predicted molar refractivity (Wildman–Crippen MR) is 58.9 cm³/mol. The Labute approximate surface area is 92.5 Å². The molecule has 82 valence electrons. The summed E-state index contributed by atoms with van der Waals surface area (Å²) in [5.41, 5.74) is 0.542. The average molecular weight is 216 g/mol. The molecule has 0 bridgehead atoms. The molecular weight excluding hydrogens is 204 g/mol. The summed E-state index contributed by atoms with van der Waals surface area (Å²) >= 11 is 0. The molecule has 0 aromatic carbocycles. The van der Waals surface area contributed by atoms with Crippen molar-refractivity contribution in [1.29, 1.82) is 5.26 Å². The van der Waals surface area contributed by atoms with Crippen molar-refractivity contribution in [2.75, 3.05) is 0 Å². The molecule has 0 amide bonds. The molecule has 0 fully saturated rings. The molecule has 0 unspecified atom stereocenters. The van der Waals surface area contributed by atoms with Gasteiger partial charge in [-0.25, -0.2) is 9.48 Å². The Morgan fingerprint density at radius 1 is 1.38 bits per heavy atom. The molecule has 2 heterocycles. The molecule has 2 rings (SSSR count). The third kappa shape index (κ3) is 1.96. The summed E-state index contributed by atoms with van der Waals surface area (Å²) in [7, 11) is 0. The first-order valence-electron chi connectivity index (χ1n) is 5.24. The maximum Gasteiger partial charge on any atom is 0.350 e. The molecule has 0 atom stereocenters. The van der Waals surface area contributed by atoms with Crippen molar-refractivity contribution in [3.63, 3.8) is 0 Å². The fourth-order valence-corrected chi connectivity index (χ4v) is 1.58. The number of rotatable bonds is 4. The van der Waals surface area contributed by atoms with Crippen LogP contribution in [0.15, 0.2) is 29.2 Å². The third-order valence-electron chi connectivity index (χ3n) is 2.40. The average Bonchev–Trinajstić information content (AvgIpc) is 2.63. The number of nitrogens with zero attached hydrogens (tertiary/aromatic N) is 4. The second-order valence-corrected chi connectivity index (χ2v) is 3.55. The van der Waals surface area contributed by atoms with Gasteiger partial charge in [-0.15, -0.1) is 5.10 Å². The Hall–Kier alpha value is -2.09. The normalized spacial score (nSPS) is 10.4. The molecule has 2 aromatic rings. The molecule has 0 saturated heterocycles. The van der Waals surface area contributed by atoms with E-state index in [9.17, 15) is 4.79 Å². The molecule has 0 aliphatic rings. The van der Waals surface area contributed by atoms with Gasteiger partial charge in [0.1, 0.15) is 0 Å². The lowest BCUT2D eigenvalue weighted by molar-refractivity contribution is 0.546. The fraction of sp³-hybridized carbons (Fsp3) is 0.364. The van der Waals surface area contributed by atoms with Crippen molar-refractivity contribution in [3.05, 3.63) is 34.9 Å². The first-order chi connectivity index (χ1) is 7.83. The summed E-state index contributed by atoms with van der Waals surface area (Å²) in [5.74, 6) is 0. The highest BCUT2D eigenvalue weighted by atomic mass is 16.2. The Morgan fingerprint density at radius 3 is 3.00 bits per heavy atom. The minimum absolute atomic E-state index is 0.118. The summed E-state index contributed by atoms with van der Waals surface area (Å²) in [6, 6.07) is 7.53. The highest BCUT2D eigenvalue weighted by Crippen LogP contribution is 1.98. The van der Waals surface area contributed by atoms with Crippen LogP contribution in [0.3, 0.4) is 0 Å². The number of hydrogen-bond acceptors (Lipinski definition) is 3. The Morgan fingerprint density at radius 2 is 2.25 bits per heavy atom. The number of pyridine rings is 1. The van der Waals surface area contributed by atoms with E-state index in [1.165, 1.54) is 9.08 Å². The van der Waals surface area contributed by atoms with Gasteiger partial charge in [0.2, 0.25) is 0 Å². The zero-order valence-electron chi connectivity index (χ0n) is 8.83. The van der Waals surface area contributed by atoms with E-state index in [4.69, 9.17) is 5.26 Å². The molecule has 0 saturated carbocycles. The van der Waals surface area contributed by atoms with Crippen molar-refractivity contribution in [1.82, 2.24) is 14.2 Å². The van der Waals surface area contributed by atoms with Crippen LogP contribution in [0.5, 0.6) is 0 Å². The van der Waals surface area contributed by atoms with Gasteiger partial charge in [0, 0.05) is 19.2 Å². The van der Waals surface area contributed by atoms with E-state index in [2.05, 4.69) is 11.2 Å². The monoisotopic (exact) mass is 216 g/mol. The molecule has 0 N–H and O–H groups in total. The van der Waals surface area contributed by atoms with Gasteiger partial charge in [-0.1, -0.05) is 6.07 Å². The summed E-state index contributed by atoms with van der Waals surface area (Å²) in [6.45, 7) is 0.572. The van der Waals surface area contributed by atoms with E-state index in [0.717, 1.165) is 12.8 Å². The number of nitriles is 1. The van der Waals surface area contributed by atoms with Gasteiger partial charge in [0.15, 0.2) is 5.65 Å². The lowest BCUT2D eigenvalue weighted by Crippen LogP contribution is -2.21. The Kier molecular flexibility index (Phi) is 3.01. The summed E-state index contributed by atoms with van der Waals surface area (Å²) in [4.78, 5) is 11.8. The number of aromatic nitrogens is 3. The van der Waals surface area contributed by atoms with E-state index in [-0.39, 0.29) is 5.69 Å². The first-order valence-corrected chi connectivity index (χ1v) is 5.24. The van der Waals surface area contributed by atoms with E-state index in [1.54, 1.807) is 18.3 Å². The van der Waals surface area contributed by atoms with Crippen LogP contribution in [-0.2, 0) is 6.54 Å². The van der Waals surface area contributed by atoms with E-state index < -0.39 is 0 Å². The second kappa shape index (κ2) is 4.62. The molecule has 0 aliphatic heterocycles. The number of hydrogen-bond donors (Lipinski definition) is 0. The second-order valence-electron chi connectivity index (χ2n) is 3.55. The molecule has 16 heavy (non-hydrogen) atoms. The molecule has 5 heteroatoms. The maximum absolute atomic E-state index is 11.8. The maximum atomic E-state index is 11.8. The third-order valence-corrected chi connectivity index (χ3v) is 2.40. The van der Waals surface area contributed by atoms with Crippen molar-refractivity contribution < 1.29 is 0 Å². The summed E-state index contributed by atoms with van der Waals surface area (Å²) in [6.07, 6.45) is 3.84. The molecule has 5 nitrogen and oxygen atoms in total. The summed E-state index contributed by atoms with van der Waals surface area (Å²) in [5, 5.41) is 12.6. The van der Waals surface area contributed by atoms with Crippen LogP contribution in [0.4, 0.5) is 0 Å². The largest absolute Gasteiger partial charge is 0.350 e. The van der Waals surface area contributed by atoms with E-state index in [0.29, 0.717) is 18.6 Å². The van der Waals surface area contributed by atoms with Crippen LogP contribution in [0, 0.1) is 11.3 Å². The topological polar surface area (TPSA) is 63.1 Å². The SMILES string of the molecule is N#CCCCCn1nc2ccccn2c1=O. The lowest BCUT2D eigenvalue weighted by Gasteiger charge is -1.95. The van der Waals surface area contributed by atoms with Crippen molar-refractivity contribution in [2.24, 2.45) is 0 Å². The minimum atomic E-state index is -0.118. The Balaban J connectivity index is 2.16. The minimum Gasteiger partial charge on any atom is -0.250 e. The molecule has 0 spiro atoms. The number of fused-ring (bicyclic) bond motifs is 1. The highest BCUT2D eigenvalue weighted by Gasteiger charge is 2.04. The first kappa shape index (κ1) is 10.4. The van der Waals surface area contributed by atoms with Gasteiger partial charge in [-0.3, -0.25) is 4.40 Å². The van der Waals surface area contributed by atoms with Gasteiger partial charge in [-0.2, -0.15) is 5.26 Å². The molecule has 0 aliphatic carbocycles. The van der Waals surface area contributed by atoms with Crippen LogP contribution >= 0.6 is 0 Å². The van der Waals surface area contributed by atoms with Crippen molar-refractivity contribution in [3.8, 4) is 6.07 Å². The van der Waals surface area contributed by atoms with Crippen LogP contribution in [0.1, 0.15) is 19.3 Å². The fourth-order valence-electron chi connectivity index (χ4n) is 1.58. The van der Waals surface area contributed by atoms with Crippen LogP contribution in [0.25, 0.3) is 5.65 Å². The zero-order valence-corrected chi connectivity index (χ0v) is 8.83. The summed E-state index contributed by atoms with van der Waals surface area (Å²) < 4.78 is 2.97. The van der Waals surface area contributed by atoms with Crippen LogP contribution in [-0.4, -0.2) is 14.2 Å². The highest BCUT2D eigenvalue weighted by molar-refractivity contribution is 5.35. The van der Waals surface area contributed by atoms with Crippen molar-refractivity contribution >= 4 is 5.65 Å². The predicted octanol–water partition coefficient (Wildman–Crippen LogP) is 1.19. The van der Waals surface area contributed by atoms with E-state index >= 15 is 0 Å². The number of unbranched alkanes of at least 4 members (excludes halogenated alkanes) is 2. The standard InChI is InChI=1S/C11H12N4O/c12-7-3-1-4-9-15-11(16)14-8-5-2-6-10(14)13-15/h2,5-6,8H,1,3-4,9H2. The molecule has 0 radical (unpaired) electrons.